The van der Waals surface area contributed by atoms with E-state index in [0.717, 1.165) is 11.3 Å². The van der Waals surface area contributed by atoms with Crippen molar-refractivity contribution in [1.29, 1.82) is 0 Å². The van der Waals surface area contributed by atoms with E-state index in [1.54, 1.807) is 23.1 Å². The molecule has 2 heterocycles. The number of carbonyl (C=O) groups excluding carboxylic acids is 2. The van der Waals surface area contributed by atoms with Crippen molar-refractivity contribution in [3.63, 3.8) is 0 Å². The van der Waals surface area contributed by atoms with Gasteiger partial charge in [-0.05, 0) is 36.8 Å². The summed E-state index contributed by atoms with van der Waals surface area (Å²) in [6.45, 7) is 1.09. The first-order valence-corrected chi connectivity index (χ1v) is 12.9. The molecule has 1 atom stereocenters. The van der Waals surface area contributed by atoms with Crippen LogP contribution in [0.15, 0.2) is 47.4 Å². The maximum absolute atomic E-state index is 13.3. The molecule has 1 aliphatic rings. The smallest absolute Gasteiger partial charge is 0.299 e. The molecular weight excluding hydrogens is 491 g/mol. The first-order chi connectivity index (χ1) is 15.7. The highest BCUT2D eigenvalue weighted by Gasteiger charge is 2.24. The molecule has 0 saturated carbocycles. The molecule has 2 aromatic carbocycles. The van der Waals surface area contributed by atoms with Crippen LogP contribution < -0.4 is 10.6 Å². The van der Waals surface area contributed by atoms with Gasteiger partial charge < -0.3 is 0 Å². The molecule has 1 aliphatic heterocycles. The Bertz CT molecular complexity index is 1310. The number of hydrogen-bond donors (Lipinski definition) is 2. The predicted molar refractivity (Wildman–Crippen MR) is 126 cm³/mol. The van der Waals surface area contributed by atoms with Crippen molar-refractivity contribution in [3.8, 4) is 0 Å². The van der Waals surface area contributed by atoms with Crippen molar-refractivity contribution in [2.75, 3.05) is 30.7 Å². The fourth-order valence-corrected chi connectivity index (χ4v) is 5.96. The summed E-state index contributed by atoms with van der Waals surface area (Å²) in [5.41, 5.74) is 0.663. The van der Waals surface area contributed by atoms with Gasteiger partial charge in [0.25, 0.3) is 5.91 Å². The van der Waals surface area contributed by atoms with E-state index in [0.29, 0.717) is 23.2 Å². The van der Waals surface area contributed by atoms with E-state index in [1.165, 1.54) is 24.3 Å². The van der Waals surface area contributed by atoms with Crippen LogP contribution in [-0.4, -0.2) is 61.8 Å². The summed E-state index contributed by atoms with van der Waals surface area (Å²) in [5, 5.41) is 5.07. The Balaban J connectivity index is 1.41. The Kier molecular flexibility index (Phi) is 6.94. The molecule has 1 fully saturated rings. The molecular formula is C21H20ClFN4O4S2. The van der Waals surface area contributed by atoms with E-state index < -0.39 is 27.9 Å². The number of benzene rings is 2. The van der Waals surface area contributed by atoms with Gasteiger partial charge in [0.15, 0.2) is 15.0 Å². The fraction of sp³-hybridized carbons (Fsp3) is 0.286. The van der Waals surface area contributed by atoms with Gasteiger partial charge in [0.2, 0.25) is 0 Å². The fourth-order valence-electron chi connectivity index (χ4n) is 3.45. The molecule has 0 unspecified atom stereocenters. The number of thiazole rings is 1. The van der Waals surface area contributed by atoms with Crippen molar-refractivity contribution in [1.82, 2.24) is 15.2 Å². The van der Waals surface area contributed by atoms with Crippen LogP contribution >= 0.6 is 22.9 Å². The molecule has 12 heteroatoms. The summed E-state index contributed by atoms with van der Waals surface area (Å²) in [5.74, 6) is -0.772. The van der Waals surface area contributed by atoms with Gasteiger partial charge in [-0.25, -0.2) is 22.6 Å². The van der Waals surface area contributed by atoms with Crippen LogP contribution in [0.3, 0.4) is 0 Å². The molecule has 3 amide bonds. The number of imide groups is 1. The summed E-state index contributed by atoms with van der Waals surface area (Å²) in [6.07, 6.45) is -0.468. The Morgan fingerprint density at radius 2 is 2.03 bits per heavy atom. The number of hydrogen-bond acceptors (Lipinski definition) is 7. The molecule has 1 saturated heterocycles. The number of aromatic nitrogens is 1. The normalized spacial score (nSPS) is 16.7. The van der Waals surface area contributed by atoms with Crippen LogP contribution in [0, 0.1) is 0 Å². The summed E-state index contributed by atoms with van der Waals surface area (Å²) in [4.78, 5) is 30.6. The molecule has 33 heavy (non-hydrogen) atoms. The molecule has 1 aromatic heterocycles. The number of alkyl halides is 1. The van der Waals surface area contributed by atoms with Gasteiger partial charge >= 0.3 is 6.03 Å². The van der Waals surface area contributed by atoms with Gasteiger partial charge in [-0.15, -0.1) is 0 Å². The zero-order valence-electron chi connectivity index (χ0n) is 17.3. The van der Waals surface area contributed by atoms with Crippen LogP contribution in [0.4, 0.5) is 14.3 Å². The Labute approximate surface area is 198 Å². The van der Waals surface area contributed by atoms with Crippen molar-refractivity contribution in [2.24, 2.45) is 0 Å². The first kappa shape index (κ1) is 23.6. The molecule has 0 spiro atoms. The van der Waals surface area contributed by atoms with Crippen LogP contribution in [0.25, 0.3) is 10.2 Å². The molecule has 2 N–H and O–H groups in total. The van der Waals surface area contributed by atoms with Crippen molar-refractivity contribution < 1.29 is 22.4 Å². The van der Waals surface area contributed by atoms with E-state index in [-0.39, 0.29) is 39.5 Å². The second-order valence-electron chi connectivity index (χ2n) is 7.54. The zero-order valence-corrected chi connectivity index (χ0v) is 19.6. The highest BCUT2D eigenvalue weighted by molar-refractivity contribution is 7.91. The van der Waals surface area contributed by atoms with E-state index in [1.807, 2.05) is 0 Å². The van der Waals surface area contributed by atoms with Gasteiger partial charge in [-0.1, -0.05) is 35.1 Å². The number of nitrogens with zero attached hydrogens (tertiary/aromatic N) is 2. The quantitative estimate of drug-likeness (QED) is 0.523. The second kappa shape index (κ2) is 9.72. The number of amides is 3. The lowest BCUT2D eigenvalue weighted by molar-refractivity contribution is 0.0967. The highest BCUT2D eigenvalue weighted by Crippen LogP contribution is 2.28. The standard InChI is InChI=1S/C21H20ClFN4O4S2/c22-16-4-2-1-3-15(16)19(28)25-20(29)26-21-24-17-6-5-14(11-18(17)32-21)33(30,31)10-9-27-8-7-13(23)12-27/h1-6,11,13H,7-10,12H2,(H2,24,25,26,28,29)/t13-/m1/s1. The zero-order chi connectivity index (χ0) is 23.6. The van der Waals surface area contributed by atoms with Gasteiger partial charge in [0, 0.05) is 19.6 Å². The third-order valence-electron chi connectivity index (χ3n) is 5.18. The van der Waals surface area contributed by atoms with E-state index >= 15 is 0 Å². The monoisotopic (exact) mass is 510 g/mol. The van der Waals surface area contributed by atoms with E-state index in [4.69, 9.17) is 11.6 Å². The van der Waals surface area contributed by atoms with Gasteiger partial charge in [-0.2, -0.15) is 0 Å². The summed E-state index contributed by atoms with van der Waals surface area (Å²) < 4.78 is 39.3. The van der Waals surface area contributed by atoms with Crippen LogP contribution in [0.2, 0.25) is 5.02 Å². The average Bonchev–Trinajstić information content (AvgIpc) is 3.37. The SMILES string of the molecule is O=C(NC(=O)c1ccccc1Cl)Nc1nc2ccc(S(=O)(=O)CCN3CC[C@@H](F)C3)cc2s1. The lowest BCUT2D eigenvalue weighted by Gasteiger charge is -2.14. The van der Waals surface area contributed by atoms with Crippen LogP contribution in [0.1, 0.15) is 16.8 Å². The van der Waals surface area contributed by atoms with Gasteiger partial charge in [-0.3, -0.25) is 20.3 Å². The van der Waals surface area contributed by atoms with Crippen LogP contribution in [0.5, 0.6) is 0 Å². The van der Waals surface area contributed by atoms with Crippen molar-refractivity contribution in [3.05, 3.63) is 53.1 Å². The number of halogens is 2. The molecule has 8 nitrogen and oxygen atoms in total. The Hall–Kier alpha value is -2.60. The first-order valence-electron chi connectivity index (χ1n) is 10.1. The van der Waals surface area contributed by atoms with E-state index in [2.05, 4.69) is 15.6 Å². The Morgan fingerprint density at radius 3 is 2.76 bits per heavy atom. The summed E-state index contributed by atoms with van der Waals surface area (Å²) in [6, 6.07) is 10.1. The lowest BCUT2D eigenvalue weighted by atomic mass is 10.2. The van der Waals surface area contributed by atoms with Crippen LogP contribution in [-0.2, 0) is 9.84 Å². The minimum absolute atomic E-state index is 0.109. The second-order valence-corrected chi connectivity index (χ2v) is 11.1. The molecule has 0 bridgehead atoms. The molecule has 0 aliphatic carbocycles. The largest absolute Gasteiger partial charge is 0.327 e. The maximum Gasteiger partial charge on any atom is 0.327 e. The summed E-state index contributed by atoms with van der Waals surface area (Å²) in [7, 11) is -3.56. The number of rotatable bonds is 6. The number of likely N-dealkylation sites (tertiary alicyclic amines) is 1. The lowest BCUT2D eigenvalue weighted by Crippen LogP contribution is -2.34. The van der Waals surface area contributed by atoms with Crippen molar-refractivity contribution >= 4 is 60.1 Å². The molecule has 4 rings (SSSR count). The van der Waals surface area contributed by atoms with Crippen molar-refractivity contribution in [2.45, 2.75) is 17.5 Å². The number of carbonyl (C=O) groups is 2. The predicted octanol–water partition coefficient (Wildman–Crippen LogP) is 3.73. The van der Waals surface area contributed by atoms with Gasteiger partial charge in [0.1, 0.15) is 6.17 Å². The maximum atomic E-state index is 13.3. The Morgan fingerprint density at radius 1 is 1.24 bits per heavy atom. The summed E-state index contributed by atoms with van der Waals surface area (Å²) >= 11 is 7.04. The molecule has 3 aromatic rings. The minimum Gasteiger partial charge on any atom is -0.299 e. The number of sulfone groups is 1. The highest BCUT2D eigenvalue weighted by atomic mass is 35.5. The average molecular weight is 511 g/mol. The number of urea groups is 1. The number of anilines is 1. The topological polar surface area (TPSA) is 108 Å². The molecule has 0 radical (unpaired) electrons. The number of fused-ring (bicyclic) bond motifs is 1. The van der Waals surface area contributed by atoms with Gasteiger partial charge in [0.05, 0.1) is 31.5 Å². The third kappa shape index (κ3) is 5.67. The molecule has 174 valence electrons. The number of nitrogens with one attached hydrogen (secondary N) is 2. The minimum atomic E-state index is -3.56. The third-order valence-corrected chi connectivity index (χ3v) is 8.13. The van der Waals surface area contributed by atoms with E-state index in [9.17, 15) is 22.4 Å².